The number of esters is 1. The van der Waals surface area contributed by atoms with Crippen LogP contribution in [0.25, 0.3) is 0 Å². The first-order valence-corrected chi connectivity index (χ1v) is 15.1. The molecule has 0 spiro atoms. The van der Waals surface area contributed by atoms with Gasteiger partial charge in [0.25, 0.3) is 0 Å². The van der Waals surface area contributed by atoms with Gasteiger partial charge in [-0.2, -0.15) is 0 Å². The van der Waals surface area contributed by atoms with E-state index in [1.807, 2.05) is 27.7 Å². The summed E-state index contributed by atoms with van der Waals surface area (Å²) in [5.74, 6) is -0.367. The quantitative estimate of drug-likeness (QED) is 0.0957. The minimum atomic E-state index is -1.64. The van der Waals surface area contributed by atoms with E-state index in [0.717, 1.165) is 12.8 Å². The van der Waals surface area contributed by atoms with Crippen molar-refractivity contribution in [2.75, 3.05) is 12.8 Å². The number of hydrogen-bond acceptors (Lipinski definition) is 5. The summed E-state index contributed by atoms with van der Waals surface area (Å²) in [6, 6.07) is -0.203. The van der Waals surface area contributed by atoms with E-state index in [1.165, 1.54) is 84.0 Å². The number of ether oxygens (including phenoxy) is 2. The molecule has 0 aliphatic carbocycles. The van der Waals surface area contributed by atoms with Gasteiger partial charge in [-0.1, -0.05) is 95.0 Å². The Kier molecular flexibility index (Phi) is 19.5. The van der Waals surface area contributed by atoms with Crippen molar-refractivity contribution >= 4 is 13.8 Å². The van der Waals surface area contributed by atoms with Crippen LogP contribution < -0.4 is 5.73 Å². The van der Waals surface area contributed by atoms with Gasteiger partial charge in [0.15, 0.2) is 17.4 Å². The molecule has 0 saturated heterocycles. The molecule has 4 atom stereocenters. The maximum Gasteiger partial charge on any atom is 0.350 e. The van der Waals surface area contributed by atoms with E-state index in [1.54, 1.807) is 0 Å². The number of rotatable bonds is 22. The van der Waals surface area contributed by atoms with Crippen molar-refractivity contribution in [2.45, 2.75) is 155 Å². The van der Waals surface area contributed by atoms with Crippen molar-refractivity contribution in [2.24, 2.45) is 5.73 Å². The first-order valence-electron chi connectivity index (χ1n) is 13.6. The Bertz CT molecular complexity index is 510. The number of carbonyl (C=O) groups is 1. The molecule has 6 heteroatoms. The summed E-state index contributed by atoms with van der Waals surface area (Å²) in [6.45, 7) is 11.9. The summed E-state index contributed by atoms with van der Waals surface area (Å²) in [7, 11) is -1.64. The molecule has 0 aromatic rings. The van der Waals surface area contributed by atoms with Gasteiger partial charge in [-0.25, -0.2) is 0 Å². The number of hydrogen-bond donors (Lipinski definition) is 1. The van der Waals surface area contributed by atoms with Gasteiger partial charge in [-0.05, 0) is 34.1 Å². The van der Waals surface area contributed by atoms with Gasteiger partial charge in [0.2, 0.25) is 0 Å². The molecule has 0 saturated carbocycles. The molecule has 2 unspecified atom stereocenters. The molecular weight excluding hydrogens is 433 g/mol. The van der Waals surface area contributed by atoms with Gasteiger partial charge in [-0.15, -0.1) is 0 Å². The molecule has 0 radical (unpaired) electrons. The van der Waals surface area contributed by atoms with Crippen LogP contribution in [0.4, 0.5) is 0 Å². The van der Waals surface area contributed by atoms with Crippen molar-refractivity contribution < 1.29 is 18.8 Å². The summed E-state index contributed by atoms with van der Waals surface area (Å²) < 4.78 is 24.2. The monoisotopic (exact) mass is 488 g/mol. The molecular formula is C27H55NO4P+. The zero-order valence-electron chi connectivity index (χ0n) is 22.7. The second kappa shape index (κ2) is 19.8. The summed E-state index contributed by atoms with van der Waals surface area (Å²) in [4.78, 5) is 11.5. The van der Waals surface area contributed by atoms with Crippen molar-refractivity contribution in [1.82, 2.24) is 0 Å². The van der Waals surface area contributed by atoms with Crippen molar-refractivity contribution in [3.8, 4) is 0 Å². The van der Waals surface area contributed by atoms with Crippen LogP contribution >= 0.6 is 7.80 Å². The largest absolute Gasteiger partial charge is 0.455 e. The Morgan fingerprint density at radius 3 is 1.67 bits per heavy atom. The molecule has 0 amide bonds. The fourth-order valence-corrected chi connectivity index (χ4v) is 5.42. The van der Waals surface area contributed by atoms with Crippen molar-refractivity contribution in [3.05, 3.63) is 0 Å². The predicted octanol–water partition coefficient (Wildman–Crippen LogP) is 7.76. The van der Waals surface area contributed by atoms with Gasteiger partial charge in [-0.3, -0.25) is 4.79 Å². The highest BCUT2D eigenvalue weighted by atomic mass is 31.1. The molecule has 0 rings (SSSR count). The van der Waals surface area contributed by atoms with Gasteiger partial charge < -0.3 is 15.2 Å². The fraction of sp³-hybridized carbons (Fsp3) is 0.963. The number of unbranched alkanes of at least 4 members (excludes halogenated alkanes) is 13. The van der Waals surface area contributed by atoms with E-state index < -0.39 is 19.1 Å². The average molecular weight is 489 g/mol. The zero-order chi connectivity index (χ0) is 25.1. The van der Waals surface area contributed by atoms with Crippen LogP contribution in [0.3, 0.4) is 0 Å². The van der Waals surface area contributed by atoms with Crippen LogP contribution in [-0.2, 0) is 18.8 Å². The van der Waals surface area contributed by atoms with Crippen molar-refractivity contribution in [3.63, 3.8) is 0 Å². The van der Waals surface area contributed by atoms with Crippen molar-refractivity contribution in [1.29, 1.82) is 0 Å². The average Bonchev–Trinajstić information content (AvgIpc) is 2.75. The van der Waals surface area contributed by atoms with Gasteiger partial charge in [0.1, 0.15) is 0 Å². The molecule has 196 valence electrons. The molecule has 0 bridgehead atoms. The zero-order valence-corrected chi connectivity index (χ0v) is 23.6. The van der Waals surface area contributed by atoms with E-state index in [2.05, 4.69) is 6.92 Å². The van der Waals surface area contributed by atoms with E-state index >= 15 is 0 Å². The predicted molar refractivity (Wildman–Crippen MR) is 141 cm³/mol. The molecule has 2 N–H and O–H groups in total. The lowest BCUT2D eigenvalue weighted by Crippen LogP contribution is -2.41. The Morgan fingerprint density at radius 2 is 1.27 bits per heavy atom. The summed E-state index contributed by atoms with van der Waals surface area (Å²) in [5.41, 5.74) is 6.00. The van der Waals surface area contributed by atoms with Crippen LogP contribution in [0.15, 0.2) is 0 Å². The Balaban J connectivity index is 3.91. The minimum Gasteiger partial charge on any atom is -0.455 e. The van der Waals surface area contributed by atoms with Crippen LogP contribution in [-0.4, -0.2) is 42.1 Å². The smallest absolute Gasteiger partial charge is 0.350 e. The molecule has 0 heterocycles. The highest BCUT2D eigenvalue weighted by Crippen LogP contribution is 2.42. The Labute approximate surface area is 206 Å². The van der Waals surface area contributed by atoms with Crippen LogP contribution in [0.1, 0.15) is 131 Å². The van der Waals surface area contributed by atoms with Crippen LogP contribution in [0.5, 0.6) is 0 Å². The maximum atomic E-state index is 12.8. The van der Waals surface area contributed by atoms with Gasteiger partial charge >= 0.3 is 13.8 Å². The lowest BCUT2D eigenvalue weighted by molar-refractivity contribution is -0.152. The van der Waals surface area contributed by atoms with E-state index in [4.69, 9.17) is 15.2 Å². The Morgan fingerprint density at radius 1 is 0.848 bits per heavy atom. The molecule has 0 aliphatic heterocycles. The third-order valence-electron chi connectivity index (χ3n) is 6.82. The van der Waals surface area contributed by atoms with E-state index in [9.17, 15) is 9.36 Å². The second-order valence-electron chi connectivity index (χ2n) is 10.3. The Hall–Kier alpha value is -0.510. The van der Waals surface area contributed by atoms with E-state index in [0.29, 0.717) is 6.61 Å². The lowest BCUT2D eigenvalue weighted by atomic mass is 10.0. The van der Waals surface area contributed by atoms with Crippen LogP contribution in [0, 0.1) is 0 Å². The molecule has 0 fully saturated rings. The first-order chi connectivity index (χ1) is 15.6. The third-order valence-corrected chi connectivity index (χ3v) is 9.21. The molecule has 33 heavy (non-hydrogen) atoms. The first kappa shape index (κ1) is 32.5. The lowest BCUT2D eigenvalue weighted by Gasteiger charge is -2.24. The molecule has 0 aromatic carbocycles. The third kappa shape index (κ3) is 16.7. The number of carbonyl (C=O) groups excluding carboxylic acids is 1. The minimum absolute atomic E-state index is 0.203. The topological polar surface area (TPSA) is 78.6 Å². The van der Waals surface area contributed by atoms with Gasteiger partial charge in [0.05, 0.1) is 12.1 Å². The van der Waals surface area contributed by atoms with Crippen LogP contribution in [0.2, 0.25) is 0 Å². The number of nitrogens with two attached hydrogens (primary N) is 1. The molecule has 0 aliphatic rings. The fourth-order valence-electron chi connectivity index (χ4n) is 3.79. The molecule has 0 aromatic heterocycles. The summed E-state index contributed by atoms with van der Waals surface area (Å²) in [6.07, 6.45) is 18.1. The van der Waals surface area contributed by atoms with E-state index in [-0.39, 0.29) is 24.3 Å². The highest BCUT2D eigenvalue weighted by Gasteiger charge is 2.45. The van der Waals surface area contributed by atoms with Gasteiger partial charge in [0, 0.05) is 13.5 Å². The SMILES string of the molecule is CCCCCCCCCCCCCCCCO[C@H](C)[C@@H](C[P+](=O)C(C)(C)C(C)N)OC(C)=O. The summed E-state index contributed by atoms with van der Waals surface area (Å²) in [5, 5.41) is -0.512. The maximum absolute atomic E-state index is 12.8. The second-order valence-corrected chi connectivity index (χ2v) is 12.6. The molecule has 5 nitrogen and oxygen atoms in total. The summed E-state index contributed by atoms with van der Waals surface area (Å²) >= 11 is 0. The standard InChI is InChI=1S/C27H55NO4P/c1-7-8-9-10-11-12-13-14-15-16-17-18-19-20-21-31-23(2)26(32-25(4)29)22-33(30)27(5,6)24(3)28/h23-24,26H,7-22,28H2,1-6H3/q+1/t23-,24?,26-/m1/s1. The highest BCUT2D eigenvalue weighted by molar-refractivity contribution is 7.46. The normalized spacial score (nSPS) is 15.2.